The molecule has 0 aromatic rings. The van der Waals surface area contributed by atoms with Crippen molar-refractivity contribution in [1.29, 1.82) is 0 Å². The van der Waals surface area contributed by atoms with Gasteiger partial charge in [0, 0.05) is 6.42 Å². The maximum absolute atomic E-state index is 10.0. The smallest absolute Gasteiger partial charge is 0.209 e. The molecule has 0 aliphatic rings. The quantitative estimate of drug-likeness (QED) is 0.500. The Kier molecular flexibility index (Phi) is 2.64. The summed E-state index contributed by atoms with van der Waals surface area (Å²) in [5.74, 6) is -0.253. The van der Waals surface area contributed by atoms with Crippen molar-refractivity contribution < 1.29 is 13.2 Å². The first-order valence-electron chi connectivity index (χ1n) is 2.00. The van der Waals surface area contributed by atoms with Crippen LogP contribution in [0.3, 0.4) is 0 Å². The Balaban J connectivity index is 3.57. The fourth-order valence-electron chi connectivity index (χ4n) is 0.212. The number of hydrogen-bond acceptors (Lipinski definition) is 3. The van der Waals surface area contributed by atoms with Gasteiger partial charge in [0.05, 0.1) is 5.75 Å². The molecule has 0 fully saturated rings. The van der Waals surface area contributed by atoms with Gasteiger partial charge in [-0.25, -0.2) is 13.6 Å². The molecular formula is C3H7NO3S. The van der Waals surface area contributed by atoms with E-state index in [1.54, 1.807) is 0 Å². The molecule has 0 aliphatic carbocycles. The third-order valence-corrected chi connectivity index (χ3v) is 1.32. The van der Waals surface area contributed by atoms with Crippen molar-refractivity contribution in [1.82, 2.24) is 0 Å². The van der Waals surface area contributed by atoms with Crippen LogP contribution in [-0.2, 0) is 14.8 Å². The normalized spacial score (nSPS) is 11.1. The van der Waals surface area contributed by atoms with Gasteiger partial charge in [0.1, 0.15) is 6.29 Å². The number of rotatable bonds is 3. The lowest BCUT2D eigenvalue weighted by Crippen LogP contribution is -2.16. The molecule has 0 atom stereocenters. The van der Waals surface area contributed by atoms with E-state index in [-0.39, 0.29) is 12.2 Å². The molecule has 0 saturated heterocycles. The van der Waals surface area contributed by atoms with Gasteiger partial charge in [-0.05, 0) is 0 Å². The van der Waals surface area contributed by atoms with Crippen LogP contribution in [0.1, 0.15) is 6.42 Å². The molecule has 0 aliphatic heterocycles. The fourth-order valence-corrected chi connectivity index (χ4v) is 0.637. The summed E-state index contributed by atoms with van der Waals surface area (Å²) in [6.45, 7) is 0. The van der Waals surface area contributed by atoms with E-state index in [1.807, 2.05) is 0 Å². The predicted octanol–water partition coefficient (Wildman–Crippen LogP) is -1.14. The second kappa shape index (κ2) is 2.78. The summed E-state index contributed by atoms with van der Waals surface area (Å²) >= 11 is 0. The Hall–Kier alpha value is -0.420. The van der Waals surface area contributed by atoms with E-state index in [1.165, 1.54) is 0 Å². The van der Waals surface area contributed by atoms with Crippen LogP contribution in [0.5, 0.6) is 0 Å². The second-order valence-electron chi connectivity index (χ2n) is 1.32. The van der Waals surface area contributed by atoms with E-state index in [9.17, 15) is 13.2 Å². The second-order valence-corrected chi connectivity index (χ2v) is 3.06. The first-order valence-corrected chi connectivity index (χ1v) is 3.72. The van der Waals surface area contributed by atoms with Gasteiger partial charge < -0.3 is 4.79 Å². The van der Waals surface area contributed by atoms with Gasteiger partial charge in [0.2, 0.25) is 10.0 Å². The van der Waals surface area contributed by atoms with Crippen LogP contribution in [0, 0.1) is 0 Å². The van der Waals surface area contributed by atoms with Gasteiger partial charge >= 0.3 is 0 Å². The minimum atomic E-state index is -3.42. The molecule has 0 saturated carbocycles. The van der Waals surface area contributed by atoms with Gasteiger partial charge in [-0.3, -0.25) is 0 Å². The largest absolute Gasteiger partial charge is 0.303 e. The molecule has 0 heterocycles. The minimum absolute atomic E-state index is 0.0150. The van der Waals surface area contributed by atoms with Crippen molar-refractivity contribution in [3.8, 4) is 0 Å². The molecule has 0 rings (SSSR count). The number of sulfonamides is 1. The SMILES string of the molecule is NS(=O)(=O)CCC=O. The minimum Gasteiger partial charge on any atom is -0.303 e. The molecule has 0 unspecified atom stereocenters. The fraction of sp³-hybridized carbons (Fsp3) is 0.667. The van der Waals surface area contributed by atoms with Gasteiger partial charge in [-0.1, -0.05) is 0 Å². The van der Waals surface area contributed by atoms with Crippen LogP contribution < -0.4 is 5.14 Å². The monoisotopic (exact) mass is 137 g/mol. The third-order valence-electron chi connectivity index (χ3n) is 0.520. The number of aldehydes is 1. The molecule has 0 amide bonds. The van der Waals surface area contributed by atoms with Crippen LogP contribution >= 0.6 is 0 Å². The Labute approximate surface area is 47.7 Å². The molecule has 0 radical (unpaired) electrons. The average Bonchev–Trinajstić information content (AvgIpc) is 1.59. The van der Waals surface area contributed by atoms with Gasteiger partial charge in [0.15, 0.2) is 0 Å². The third kappa shape index (κ3) is 5.58. The molecule has 48 valence electrons. The van der Waals surface area contributed by atoms with Crippen LogP contribution in [0.2, 0.25) is 0 Å². The highest BCUT2D eigenvalue weighted by Crippen LogP contribution is 1.78. The number of nitrogens with two attached hydrogens (primary N) is 1. The molecule has 0 bridgehead atoms. The van der Waals surface area contributed by atoms with E-state index in [2.05, 4.69) is 5.14 Å². The zero-order chi connectivity index (χ0) is 6.62. The van der Waals surface area contributed by atoms with Crippen LogP contribution in [0.25, 0.3) is 0 Å². The Morgan fingerprint density at radius 1 is 1.50 bits per heavy atom. The lowest BCUT2D eigenvalue weighted by molar-refractivity contribution is -0.107. The predicted molar refractivity (Wildman–Crippen MR) is 28.7 cm³/mol. The molecule has 8 heavy (non-hydrogen) atoms. The summed E-state index contributed by atoms with van der Waals surface area (Å²) in [5.41, 5.74) is 0. The number of carbonyl (C=O) groups excluding carboxylic acids is 1. The molecule has 0 aromatic heterocycles. The lowest BCUT2D eigenvalue weighted by Gasteiger charge is -1.87. The van der Waals surface area contributed by atoms with E-state index in [4.69, 9.17) is 0 Å². The first-order chi connectivity index (χ1) is 3.56. The van der Waals surface area contributed by atoms with Gasteiger partial charge in [-0.2, -0.15) is 0 Å². The van der Waals surface area contributed by atoms with Crippen molar-refractivity contribution >= 4 is 16.3 Å². The number of carbonyl (C=O) groups is 1. The molecular weight excluding hydrogens is 130 g/mol. The van der Waals surface area contributed by atoms with Crippen molar-refractivity contribution in [3.05, 3.63) is 0 Å². The van der Waals surface area contributed by atoms with Crippen LogP contribution in [-0.4, -0.2) is 20.5 Å². The summed E-state index contributed by atoms with van der Waals surface area (Å²) in [6, 6.07) is 0. The average molecular weight is 137 g/mol. The van der Waals surface area contributed by atoms with E-state index >= 15 is 0 Å². The van der Waals surface area contributed by atoms with E-state index in [0.29, 0.717) is 6.29 Å². The Morgan fingerprint density at radius 3 is 2.12 bits per heavy atom. The standard InChI is InChI=1S/C3H7NO3S/c4-8(6,7)3-1-2-5/h2H,1,3H2,(H2,4,6,7). The van der Waals surface area contributed by atoms with Crippen molar-refractivity contribution in [2.45, 2.75) is 6.42 Å². The molecule has 5 heteroatoms. The highest BCUT2D eigenvalue weighted by molar-refractivity contribution is 7.89. The van der Waals surface area contributed by atoms with Crippen molar-refractivity contribution in [3.63, 3.8) is 0 Å². The summed E-state index contributed by atoms with van der Waals surface area (Å²) in [5, 5.41) is 4.53. The summed E-state index contributed by atoms with van der Waals surface area (Å²) in [4.78, 5) is 9.53. The van der Waals surface area contributed by atoms with Gasteiger partial charge in [-0.15, -0.1) is 0 Å². The summed E-state index contributed by atoms with van der Waals surface area (Å²) < 4.78 is 20.0. The maximum atomic E-state index is 10.0. The molecule has 2 N–H and O–H groups in total. The van der Waals surface area contributed by atoms with E-state index in [0.717, 1.165) is 0 Å². The Bertz CT molecular complexity index is 159. The van der Waals surface area contributed by atoms with Crippen molar-refractivity contribution in [2.24, 2.45) is 5.14 Å². The molecule has 0 aromatic carbocycles. The highest BCUT2D eigenvalue weighted by atomic mass is 32.2. The van der Waals surface area contributed by atoms with Crippen LogP contribution in [0.4, 0.5) is 0 Å². The zero-order valence-electron chi connectivity index (χ0n) is 4.20. The molecule has 4 nitrogen and oxygen atoms in total. The number of hydrogen-bond donors (Lipinski definition) is 1. The topological polar surface area (TPSA) is 77.2 Å². The lowest BCUT2D eigenvalue weighted by atomic mass is 10.6. The highest BCUT2D eigenvalue weighted by Gasteiger charge is 1.98. The molecule has 0 spiro atoms. The zero-order valence-corrected chi connectivity index (χ0v) is 5.02. The summed E-state index contributed by atoms with van der Waals surface area (Å²) in [6.07, 6.45) is 0.503. The maximum Gasteiger partial charge on any atom is 0.209 e. The summed E-state index contributed by atoms with van der Waals surface area (Å²) in [7, 11) is -3.42. The number of primary sulfonamides is 1. The van der Waals surface area contributed by atoms with Crippen LogP contribution in [0.15, 0.2) is 0 Å². The van der Waals surface area contributed by atoms with E-state index < -0.39 is 10.0 Å². The Morgan fingerprint density at radius 2 is 2.00 bits per heavy atom. The van der Waals surface area contributed by atoms with Crippen molar-refractivity contribution in [2.75, 3.05) is 5.75 Å². The van der Waals surface area contributed by atoms with Gasteiger partial charge in [0.25, 0.3) is 0 Å². The first kappa shape index (κ1) is 7.58.